The standard InChI is InChI=1S/C10H14O4.C4H6O2/c1-4-8(9(11)12)6-5-7(2)10(13)14-3;1-3(2)4(5)6/h6H,2,4-5H2,1,3H3,(H,11,12);1H2,2H3,(H,5,6). The van der Waals surface area contributed by atoms with Crippen LogP contribution in [-0.2, 0) is 19.1 Å². The van der Waals surface area contributed by atoms with Crippen LogP contribution in [0, 0.1) is 0 Å². The van der Waals surface area contributed by atoms with Gasteiger partial charge in [-0.15, -0.1) is 0 Å². The highest BCUT2D eigenvalue weighted by Gasteiger charge is 2.07. The quantitative estimate of drug-likeness (QED) is 0.572. The summed E-state index contributed by atoms with van der Waals surface area (Å²) in [6.45, 7) is 9.82. The number of carboxylic acid groups (broad SMARTS) is 2. The fraction of sp³-hybridized carbons (Fsp3) is 0.357. The minimum Gasteiger partial charge on any atom is -0.478 e. The molecule has 0 heterocycles. The second-order valence-corrected chi connectivity index (χ2v) is 3.77. The third kappa shape index (κ3) is 9.64. The molecule has 0 aliphatic heterocycles. The molecule has 2 N–H and O–H groups in total. The molecule has 6 heteroatoms. The van der Waals surface area contributed by atoms with Gasteiger partial charge in [0.2, 0.25) is 0 Å². The van der Waals surface area contributed by atoms with Crippen molar-refractivity contribution < 1.29 is 29.3 Å². The lowest BCUT2D eigenvalue weighted by Gasteiger charge is -2.00. The number of aliphatic carboxylic acids is 2. The van der Waals surface area contributed by atoms with Crippen molar-refractivity contribution in [2.45, 2.75) is 26.7 Å². The fourth-order valence-electron chi connectivity index (χ4n) is 0.857. The predicted octanol–water partition coefficient (Wildman–Crippen LogP) is 2.17. The summed E-state index contributed by atoms with van der Waals surface area (Å²) in [5, 5.41) is 16.6. The minimum absolute atomic E-state index is 0.176. The van der Waals surface area contributed by atoms with Gasteiger partial charge in [-0.05, 0) is 19.8 Å². The molecule has 0 atom stereocenters. The first-order valence-electron chi connectivity index (χ1n) is 5.74. The molecule has 0 aromatic heterocycles. The molecule has 0 radical (unpaired) electrons. The van der Waals surface area contributed by atoms with E-state index in [9.17, 15) is 14.4 Å². The van der Waals surface area contributed by atoms with Gasteiger partial charge in [0, 0.05) is 16.7 Å². The highest BCUT2D eigenvalue weighted by Crippen LogP contribution is 2.07. The van der Waals surface area contributed by atoms with E-state index < -0.39 is 17.9 Å². The number of methoxy groups -OCH3 is 1. The maximum Gasteiger partial charge on any atom is 0.333 e. The third-order valence-electron chi connectivity index (χ3n) is 2.09. The van der Waals surface area contributed by atoms with Gasteiger partial charge in [0.25, 0.3) is 0 Å². The first-order chi connectivity index (χ1) is 9.17. The monoisotopic (exact) mass is 284 g/mol. The van der Waals surface area contributed by atoms with Crippen LogP contribution in [0.3, 0.4) is 0 Å². The Labute approximate surface area is 118 Å². The van der Waals surface area contributed by atoms with Crippen LogP contribution in [0.15, 0.2) is 36.0 Å². The summed E-state index contributed by atoms with van der Waals surface area (Å²) in [7, 11) is 1.26. The Bertz CT molecular complexity index is 419. The molecule has 6 nitrogen and oxygen atoms in total. The highest BCUT2D eigenvalue weighted by atomic mass is 16.5. The molecule has 0 saturated heterocycles. The molecule has 0 aromatic carbocycles. The van der Waals surface area contributed by atoms with Gasteiger partial charge in [-0.2, -0.15) is 0 Å². The number of allylic oxidation sites excluding steroid dienone is 1. The summed E-state index contributed by atoms with van der Waals surface area (Å²) < 4.78 is 4.42. The molecular formula is C14H20O6. The third-order valence-corrected chi connectivity index (χ3v) is 2.09. The van der Waals surface area contributed by atoms with Crippen molar-refractivity contribution in [3.8, 4) is 0 Å². The Morgan fingerprint density at radius 1 is 1.15 bits per heavy atom. The van der Waals surface area contributed by atoms with Crippen LogP contribution in [-0.4, -0.2) is 35.2 Å². The van der Waals surface area contributed by atoms with Crippen molar-refractivity contribution in [1.29, 1.82) is 0 Å². The number of rotatable bonds is 6. The van der Waals surface area contributed by atoms with Crippen molar-refractivity contribution in [2.75, 3.05) is 7.11 Å². The first kappa shape index (κ1) is 20.0. The van der Waals surface area contributed by atoms with E-state index in [1.807, 2.05) is 0 Å². The summed E-state index contributed by atoms with van der Waals surface area (Å²) in [4.78, 5) is 31.1. The molecule has 0 bridgehead atoms. The van der Waals surface area contributed by atoms with Crippen molar-refractivity contribution in [2.24, 2.45) is 0 Å². The van der Waals surface area contributed by atoms with Gasteiger partial charge in [-0.3, -0.25) is 0 Å². The predicted molar refractivity (Wildman–Crippen MR) is 74.2 cm³/mol. The number of carbonyl (C=O) groups excluding carboxylic acids is 1. The van der Waals surface area contributed by atoms with Crippen molar-refractivity contribution >= 4 is 17.9 Å². The van der Waals surface area contributed by atoms with Crippen LogP contribution >= 0.6 is 0 Å². The molecule has 0 amide bonds. The summed E-state index contributed by atoms with van der Waals surface area (Å²) in [6, 6.07) is 0. The lowest BCUT2D eigenvalue weighted by molar-refractivity contribution is -0.136. The average Bonchev–Trinajstić information content (AvgIpc) is 2.38. The van der Waals surface area contributed by atoms with E-state index in [-0.39, 0.29) is 23.1 Å². The summed E-state index contributed by atoms with van der Waals surface area (Å²) >= 11 is 0. The molecule has 112 valence electrons. The van der Waals surface area contributed by atoms with Gasteiger partial charge in [0.1, 0.15) is 0 Å². The Hall–Kier alpha value is -2.37. The molecular weight excluding hydrogens is 264 g/mol. The molecule has 0 aliphatic rings. The summed E-state index contributed by atoms with van der Waals surface area (Å²) in [5.74, 6) is -2.41. The van der Waals surface area contributed by atoms with Crippen LogP contribution in [0.2, 0.25) is 0 Å². The fourth-order valence-corrected chi connectivity index (χ4v) is 0.857. The van der Waals surface area contributed by atoms with E-state index >= 15 is 0 Å². The lowest BCUT2D eigenvalue weighted by atomic mass is 10.1. The van der Waals surface area contributed by atoms with Gasteiger partial charge in [-0.1, -0.05) is 26.2 Å². The van der Waals surface area contributed by atoms with E-state index in [0.29, 0.717) is 6.42 Å². The molecule has 0 aliphatic carbocycles. The zero-order valence-electron chi connectivity index (χ0n) is 11.9. The van der Waals surface area contributed by atoms with Crippen LogP contribution < -0.4 is 0 Å². The van der Waals surface area contributed by atoms with Gasteiger partial charge in [-0.25, -0.2) is 14.4 Å². The van der Waals surface area contributed by atoms with Crippen molar-refractivity contribution in [3.63, 3.8) is 0 Å². The first-order valence-corrected chi connectivity index (χ1v) is 5.74. The van der Waals surface area contributed by atoms with E-state index in [0.717, 1.165) is 0 Å². The number of esters is 1. The molecule has 0 rings (SSSR count). The zero-order valence-corrected chi connectivity index (χ0v) is 11.9. The maximum absolute atomic E-state index is 10.9. The van der Waals surface area contributed by atoms with Gasteiger partial charge in [0.15, 0.2) is 0 Å². The lowest BCUT2D eigenvalue weighted by Crippen LogP contribution is -2.04. The maximum atomic E-state index is 10.9. The summed E-state index contributed by atoms with van der Waals surface area (Å²) in [6.07, 6.45) is 2.10. The second kappa shape index (κ2) is 10.5. The molecule has 0 unspecified atom stereocenters. The Morgan fingerprint density at radius 2 is 1.60 bits per heavy atom. The van der Waals surface area contributed by atoms with Gasteiger partial charge >= 0.3 is 17.9 Å². The normalized spacial score (nSPS) is 9.85. The Balaban J connectivity index is 0. The van der Waals surface area contributed by atoms with Crippen LogP contribution in [0.4, 0.5) is 0 Å². The smallest absolute Gasteiger partial charge is 0.333 e. The number of hydrogen-bond donors (Lipinski definition) is 2. The van der Waals surface area contributed by atoms with E-state index in [1.54, 1.807) is 6.92 Å². The van der Waals surface area contributed by atoms with Gasteiger partial charge < -0.3 is 14.9 Å². The Morgan fingerprint density at radius 3 is 1.85 bits per heavy atom. The largest absolute Gasteiger partial charge is 0.478 e. The van der Waals surface area contributed by atoms with Crippen molar-refractivity contribution in [1.82, 2.24) is 0 Å². The molecule has 20 heavy (non-hydrogen) atoms. The van der Waals surface area contributed by atoms with Crippen LogP contribution in [0.5, 0.6) is 0 Å². The minimum atomic E-state index is -0.967. The van der Waals surface area contributed by atoms with E-state index in [4.69, 9.17) is 10.2 Å². The van der Waals surface area contributed by atoms with Crippen LogP contribution in [0.25, 0.3) is 0 Å². The number of carboxylic acids is 2. The highest BCUT2D eigenvalue weighted by molar-refractivity contribution is 5.89. The molecule has 0 aromatic rings. The number of carbonyl (C=O) groups is 3. The topological polar surface area (TPSA) is 101 Å². The van der Waals surface area contributed by atoms with E-state index in [2.05, 4.69) is 17.9 Å². The second-order valence-electron chi connectivity index (χ2n) is 3.77. The molecule has 0 fully saturated rings. The Kier molecular flexibility index (Phi) is 10.5. The van der Waals surface area contributed by atoms with Crippen molar-refractivity contribution in [3.05, 3.63) is 36.0 Å². The summed E-state index contributed by atoms with van der Waals surface area (Å²) in [5.41, 5.74) is 0.699. The molecule has 0 saturated carbocycles. The van der Waals surface area contributed by atoms with Gasteiger partial charge in [0.05, 0.1) is 7.11 Å². The van der Waals surface area contributed by atoms with Crippen LogP contribution in [0.1, 0.15) is 26.7 Å². The number of ether oxygens (including phenoxy) is 1. The average molecular weight is 284 g/mol. The van der Waals surface area contributed by atoms with E-state index in [1.165, 1.54) is 20.1 Å². The SMILES string of the molecule is C=C(C)C(=O)O.C=C(CC=C(CC)C(=O)O)C(=O)OC. The molecule has 0 spiro atoms. The zero-order chi connectivity index (χ0) is 16.3. The number of hydrogen-bond acceptors (Lipinski definition) is 4.